The average molecular weight is 224 g/mol. The molecule has 0 spiro atoms. The topological polar surface area (TPSA) is 92.4 Å². The summed E-state index contributed by atoms with van der Waals surface area (Å²) in [5.74, 6) is -1.44. The number of carbonyl (C=O) groups excluding carboxylic acids is 1. The minimum atomic E-state index is -1.11. The molecule has 0 unspecified atom stereocenters. The Morgan fingerprint density at radius 1 is 1.56 bits per heavy atom. The fourth-order valence-corrected chi connectivity index (χ4v) is 1.71. The lowest BCUT2D eigenvalue weighted by molar-refractivity contribution is -0.148. The predicted octanol–water partition coefficient (Wildman–Crippen LogP) is 0.720. The van der Waals surface area contributed by atoms with Crippen molar-refractivity contribution in [2.24, 2.45) is 0 Å². The molecule has 6 nitrogen and oxygen atoms in total. The molecule has 1 aromatic rings. The predicted molar refractivity (Wildman–Crippen MR) is 52.9 cm³/mol. The van der Waals surface area contributed by atoms with Gasteiger partial charge in [-0.05, 0) is 26.2 Å². The fourth-order valence-electron chi connectivity index (χ4n) is 1.71. The van der Waals surface area contributed by atoms with E-state index < -0.39 is 17.4 Å². The minimum absolute atomic E-state index is 0.0764. The maximum absolute atomic E-state index is 11.7. The van der Waals surface area contributed by atoms with Crippen LogP contribution in [-0.2, 0) is 4.79 Å². The standard InChI is InChI=1S/C10H12N2O4/c1-6-5-11-16-7(6)8(13)12-10(9(14)15)3-2-4-10/h5H,2-4H2,1H3,(H,12,13)(H,14,15). The second-order valence-corrected chi connectivity index (χ2v) is 4.03. The van der Waals surface area contributed by atoms with Crippen molar-refractivity contribution in [3.05, 3.63) is 17.5 Å². The summed E-state index contributed by atoms with van der Waals surface area (Å²) in [5.41, 5.74) is -0.520. The van der Waals surface area contributed by atoms with E-state index in [1.807, 2.05) is 0 Å². The second-order valence-electron chi connectivity index (χ2n) is 4.03. The maximum Gasteiger partial charge on any atom is 0.329 e. The molecule has 1 saturated carbocycles. The van der Waals surface area contributed by atoms with Gasteiger partial charge in [-0.15, -0.1) is 0 Å². The van der Waals surface area contributed by atoms with Crippen LogP contribution in [0, 0.1) is 6.92 Å². The van der Waals surface area contributed by atoms with Gasteiger partial charge in [0.15, 0.2) is 0 Å². The van der Waals surface area contributed by atoms with E-state index in [9.17, 15) is 9.59 Å². The van der Waals surface area contributed by atoms with E-state index in [-0.39, 0.29) is 5.76 Å². The van der Waals surface area contributed by atoms with E-state index in [0.29, 0.717) is 18.4 Å². The van der Waals surface area contributed by atoms with E-state index >= 15 is 0 Å². The van der Waals surface area contributed by atoms with Crippen LogP contribution in [0.1, 0.15) is 35.4 Å². The molecule has 0 atom stereocenters. The highest BCUT2D eigenvalue weighted by Gasteiger charge is 2.46. The molecule has 1 fully saturated rings. The lowest BCUT2D eigenvalue weighted by Gasteiger charge is -2.37. The Labute approximate surface area is 91.6 Å². The summed E-state index contributed by atoms with van der Waals surface area (Å²) in [6, 6.07) is 0. The third-order valence-electron chi connectivity index (χ3n) is 2.92. The van der Waals surface area contributed by atoms with Crippen molar-refractivity contribution in [3.8, 4) is 0 Å². The Bertz CT molecular complexity index is 434. The molecule has 86 valence electrons. The van der Waals surface area contributed by atoms with Crippen LogP contribution in [0.25, 0.3) is 0 Å². The number of hydrogen-bond donors (Lipinski definition) is 2. The SMILES string of the molecule is Cc1cnoc1C(=O)NC1(C(=O)O)CCC1. The average Bonchev–Trinajstić information content (AvgIpc) is 2.57. The first-order valence-electron chi connectivity index (χ1n) is 5.02. The zero-order valence-corrected chi connectivity index (χ0v) is 8.82. The monoisotopic (exact) mass is 224 g/mol. The van der Waals surface area contributed by atoms with Crippen molar-refractivity contribution >= 4 is 11.9 Å². The Kier molecular flexibility index (Phi) is 2.41. The minimum Gasteiger partial charge on any atom is -0.480 e. The number of nitrogens with one attached hydrogen (secondary N) is 1. The van der Waals surface area contributed by atoms with Gasteiger partial charge in [0.05, 0.1) is 6.20 Å². The van der Waals surface area contributed by atoms with Gasteiger partial charge in [0.2, 0.25) is 5.76 Å². The van der Waals surface area contributed by atoms with Gasteiger partial charge in [-0.2, -0.15) is 0 Å². The van der Waals surface area contributed by atoms with Crippen LogP contribution in [0.15, 0.2) is 10.7 Å². The number of amides is 1. The third-order valence-corrected chi connectivity index (χ3v) is 2.92. The summed E-state index contributed by atoms with van der Waals surface area (Å²) < 4.78 is 4.77. The van der Waals surface area contributed by atoms with E-state index in [1.54, 1.807) is 6.92 Å². The number of aryl methyl sites for hydroxylation is 1. The van der Waals surface area contributed by atoms with E-state index in [1.165, 1.54) is 6.20 Å². The lowest BCUT2D eigenvalue weighted by Crippen LogP contribution is -2.59. The van der Waals surface area contributed by atoms with Gasteiger partial charge in [-0.1, -0.05) is 5.16 Å². The number of aromatic nitrogens is 1. The van der Waals surface area contributed by atoms with Gasteiger partial charge >= 0.3 is 5.97 Å². The highest BCUT2D eigenvalue weighted by Crippen LogP contribution is 2.32. The van der Waals surface area contributed by atoms with Crippen LogP contribution in [0.3, 0.4) is 0 Å². The molecule has 6 heteroatoms. The van der Waals surface area contributed by atoms with Crippen LogP contribution >= 0.6 is 0 Å². The highest BCUT2D eigenvalue weighted by molar-refractivity contribution is 5.97. The van der Waals surface area contributed by atoms with Gasteiger partial charge in [-0.3, -0.25) is 4.79 Å². The van der Waals surface area contributed by atoms with Gasteiger partial charge in [-0.25, -0.2) is 4.79 Å². The Balaban J connectivity index is 2.13. The molecule has 0 radical (unpaired) electrons. The zero-order valence-electron chi connectivity index (χ0n) is 8.82. The molecule has 1 heterocycles. The molecule has 1 aromatic heterocycles. The van der Waals surface area contributed by atoms with Crippen molar-refractivity contribution in [1.29, 1.82) is 0 Å². The summed E-state index contributed by atoms with van der Waals surface area (Å²) in [6.07, 6.45) is 3.15. The zero-order chi connectivity index (χ0) is 11.8. The van der Waals surface area contributed by atoms with Crippen molar-refractivity contribution in [2.75, 3.05) is 0 Å². The first-order valence-corrected chi connectivity index (χ1v) is 5.02. The molecule has 1 aliphatic carbocycles. The Morgan fingerprint density at radius 3 is 2.62 bits per heavy atom. The van der Waals surface area contributed by atoms with Crippen molar-refractivity contribution in [1.82, 2.24) is 10.5 Å². The number of aliphatic carboxylic acids is 1. The summed E-state index contributed by atoms with van der Waals surface area (Å²) in [4.78, 5) is 22.8. The van der Waals surface area contributed by atoms with Gasteiger partial charge in [0, 0.05) is 5.56 Å². The summed E-state index contributed by atoms with van der Waals surface area (Å²) >= 11 is 0. The fraction of sp³-hybridized carbons (Fsp3) is 0.500. The number of rotatable bonds is 3. The molecule has 16 heavy (non-hydrogen) atoms. The van der Waals surface area contributed by atoms with Crippen LogP contribution in [-0.4, -0.2) is 27.7 Å². The lowest BCUT2D eigenvalue weighted by atomic mass is 9.76. The number of hydrogen-bond acceptors (Lipinski definition) is 4. The molecule has 0 aromatic carbocycles. The molecule has 2 N–H and O–H groups in total. The van der Waals surface area contributed by atoms with Crippen LogP contribution in [0.4, 0.5) is 0 Å². The van der Waals surface area contributed by atoms with E-state index in [4.69, 9.17) is 9.63 Å². The number of carboxylic acids is 1. The first kappa shape index (κ1) is 10.7. The molecule has 0 bridgehead atoms. The largest absolute Gasteiger partial charge is 0.480 e. The van der Waals surface area contributed by atoms with Crippen LogP contribution in [0.5, 0.6) is 0 Å². The van der Waals surface area contributed by atoms with E-state index in [0.717, 1.165) is 6.42 Å². The molecule has 1 amide bonds. The smallest absolute Gasteiger partial charge is 0.329 e. The van der Waals surface area contributed by atoms with E-state index in [2.05, 4.69) is 10.5 Å². The molecule has 0 aliphatic heterocycles. The summed E-state index contributed by atoms with van der Waals surface area (Å²) in [5, 5.41) is 15.0. The quantitative estimate of drug-likeness (QED) is 0.789. The van der Waals surface area contributed by atoms with Crippen LogP contribution < -0.4 is 5.32 Å². The van der Waals surface area contributed by atoms with Gasteiger partial charge < -0.3 is 14.9 Å². The summed E-state index contributed by atoms with van der Waals surface area (Å²) in [7, 11) is 0. The molecular weight excluding hydrogens is 212 g/mol. The second kappa shape index (κ2) is 3.62. The molecule has 0 saturated heterocycles. The molecule has 1 aliphatic rings. The summed E-state index contributed by atoms with van der Waals surface area (Å²) in [6.45, 7) is 1.68. The molecule has 2 rings (SSSR count). The number of carbonyl (C=O) groups is 2. The maximum atomic E-state index is 11.7. The van der Waals surface area contributed by atoms with Crippen molar-refractivity contribution in [3.63, 3.8) is 0 Å². The Hall–Kier alpha value is -1.85. The highest BCUT2D eigenvalue weighted by atomic mass is 16.5. The van der Waals surface area contributed by atoms with Gasteiger partial charge in [0.25, 0.3) is 5.91 Å². The van der Waals surface area contributed by atoms with Crippen LogP contribution in [0.2, 0.25) is 0 Å². The molecular formula is C10H12N2O4. The van der Waals surface area contributed by atoms with Gasteiger partial charge in [0.1, 0.15) is 5.54 Å². The number of nitrogens with zero attached hydrogens (tertiary/aromatic N) is 1. The van der Waals surface area contributed by atoms with Crippen molar-refractivity contribution < 1.29 is 19.2 Å². The van der Waals surface area contributed by atoms with Crippen molar-refractivity contribution in [2.45, 2.75) is 31.7 Å². The normalized spacial score (nSPS) is 17.6. The third kappa shape index (κ3) is 1.56. The first-order chi connectivity index (χ1) is 7.55. The Morgan fingerprint density at radius 2 is 2.25 bits per heavy atom. The number of carboxylic acid groups (broad SMARTS) is 1.